The van der Waals surface area contributed by atoms with E-state index >= 15 is 0 Å². The van der Waals surface area contributed by atoms with E-state index in [2.05, 4.69) is 22.3 Å². The van der Waals surface area contributed by atoms with Crippen molar-refractivity contribution in [3.8, 4) is 5.75 Å². The number of hydrogen-bond donors (Lipinski definition) is 2. The molecule has 118 valence electrons. The summed E-state index contributed by atoms with van der Waals surface area (Å²) in [6.07, 6.45) is 4.82. The number of alkyl halides is 2. The standard InChI is InChI=1S/C16H24F2N2O/c1-12(10-14-7-4-5-9-19-14)20-11-13-6-2-3-8-15(13)21-16(17)18/h2-3,6,8,12,14,16,19-20H,4-5,7,9-11H2,1H3. The molecule has 3 nitrogen and oxygen atoms in total. The zero-order chi connectivity index (χ0) is 15.1. The second-order valence-electron chi connectivity index (χ2n) is 5.65. The molecule has 21 heavy (non-hydrogen) atoms. The lowest BCUT2D eigenvalue weighted by Gasteiger charge is -2.26. The average Bonchev–Trinajstić information content (AvgIpc) is 2.47. The first kappa shape index (κ1) is 16.2. The predicted molar refractivity (Wildman–Crippen MR) is 79.6 cm³/mol. The van der Waals surface area contributed by atoms with Crippen molar-refractivity contribution in [1.82, 2.24) is 10.6 Å². The Hall–Kier alpha value is -1.20. The topological polar surface area (TPSA) is 33.3 Å². The summed E-state index contributed by atoms with van der Waals surface area (Å²) < 4.78 is 29.3. The molecule has 1 aromatic rings. The minimum Gasteiger partial charge on any atom is -0.434 e. The van der Waals surface area contributed by atoms with Crippen LogP contribution in [0.2, 0.25) is 0 Å². The zero-order valence-corrected chi connectivity index (χ0v) is 12.4. The summed E-state index contributed by atoms with van der Waals surface area (Å²) in [6, 6.07) is 7.83. The molecule has 0 saturated carbocycles. The van der Waals surface area contributed by atoms with E-state index in [1.807, 2.05) is 12.1 Å². The van der Waals surface area contributed by atoms with Crippen LogP contribution in [-0.4, -0.2) is 25.2 Å². The number of halogens is 2. The number of nitrogens with one attached hydrogen (secondary N) is 2. The maximum absolute atomic E-state index is 12.4. The molecule has 0 aromatic heterocycles. The van der Waals surface area contributed by atoms with Crippen LogP contribution < -0.4 is 15.4 Å². The third-order valence-corrected chi connectivity index (χ3v) is 3.88. The first-order chi connectivity index (χ1) is 10.1. The van der Waals surface area contributed by atoms with E-state index in [4.69, 9.17) is 0 Å². The van der Waals surface area contributed by atoms with Gasteiger partial charge in [-0.25, -0.2) is 0 Å². The second kappa shape index (κ2) is 8.29. The van der Waals surface area contributed by atoms with Crippen LogP contribution >= 0.6 is 0 Å². The molecule has 5 heteroatoms. The Morgan fingerprint density at radius 2 is 2.14 bits per heavy atom. The number of benzene rings is 1. The lowest BCUT2D eigenvalue weighted by molar-refractivity contribution is -0.0505. The average molecular weight is 298 g/mol. The van der Waals surface area contributed by atoms with Crippen LogP contribution in [0.3, 0.4) is 0 Å². The number of piperidine rings is 1. The third-order valence-electron chi connectivity index (χ3n) is 3.88. The van der Waals surface area contributed by atoms with Gasteiger partial charge in [0.25, 0.3) is 0 Å². The lowest BCUT2D eigenvalue weighted by Crippen LogP contribution is -2.39. The molecule has 0 aliphatic carbocycles. The molecule has 0 spiro atoms. The predicted octanol–water partition coefficient (Wildman–Crippen LogP) is 3.30. The fraction of sp³-hybridized carbons (Fsp3) is 0.625. The Labute approximate surface area is 125 Å². The molecule has 2 unspecified atom stereocenters. The smallest absolute Gasteiger partial charge is 0.387 e. The van der Waals surface area contributed by atoms with Crippen LogP contribution in [0, 0.1) is 0 Å². The normalized spacial score (nSPS) is 20.5. The molecular formula is C16H24F2N2O. The minimum atomic E-state index is -2.78. The van der Waals surface area contributed by atoms with E-state index in [1.54, 1.807) is 12.1 Å². The van der Waals surface area contributed by atoms with Crippen LogP contribution in [0.15, 0.2) is 24.3 Å². The van der Waals surface area contributed by atoms with Crippen molar-refractivity contribution in [3.63, 3.8) is 0 Å². The number of hydrogen-bond acceptors (Lipinski definition) is 3. The van der Waals surface area contributed by atoms with Gasteiger partial charge < -0.3 is 15.4 Å². The number of rotatable bonds is 7. The Morgan fingerprint density at radius 1 is 1.33 bits per heavy atom. The summed E-state index contributed by atoms with van der Waals surface area (Å²) in [6.45, 7) is 0.988. The van der Waals surface area contributed by atoms with Gasteiger partial charge in [0.15, 0.2) is 0 Å². The van der Waals surface area contributed by atoms with Crippen LogP contribution in [0.4, 0.5) is 8.78 Å². The highest BCUT2D eigenvalue weighted by atomic mass is 19.3. The van der Waals surface area contributed by atoms with Crippen LogP contribution in [0.1, 0.15) is 38.2 Å². The van der Waals surface area contributed by atoms with Crippen molar-refractivity contribution >= 4 is 0 Å². The van der Waals surface area contributed by atoms with Crippen LogP contribution in [0.5, 0.6) is 5.75 Å². The van der Waals surface area contributed by atoms with Gasteiger partial charge in [-0.15, -0.1) is 0 Å². The van der Waals surface area contributed by atoms with Gasteiger partial charge in [0.1, 0.15) is 5.75 Å². The maximum atomic E-state index is 12.4. The van der Waals surface area contributed by atoms with Crippen molar-refractivity contribution < 1.29 is 13.5 Å². The summed E-state index contributed by atoms with van der Waals surface area (Å²) in [4.78, 5) is 0. The summed E-state index contributed by atoms with van der Waals surface area (Å²) >= 11 is 0. The first-order valence-corrected chi connectivity index (χ1v) is 7.64. The van der Waals surface area contributed by atoms with E-state index in [9.17, 15) is 8.78 Å². The molecule has 1 heterocycles. The zero-order valence-electron chi connectivity index (χ0n) is 12.4. The Kier molecular flexibility index (Phi) is 6.39. The maximum Gasteiger partial charge on any atom is 0.387 e. The van der Waals surface area contributed by atoms with E-state index < -0.39 is 6.61 Å². The lowest BCUT2D eigenvalue weighted by atomic mass is 9.98. The van der Waals surface area contributed by atoms with E-state index in [-0.39, 0.29) is 5.75 Å². The van der Waals surface area contributed by atoms with Gasteiger partial charge in [0, 0.05) is 24.2 Å². The van der Waals surface area contributed by atoms with Gasteiger partial charge in [-0.2, -0.15) is 8.78 Å². The number of para-hydroxylation sites is 1. The van der Waals surface area contributed by atoms with Gasteiger partial charge in [0.05, 0.1) is 0 Å². The van der Waals surface area contributed by atoms with Crippen molar-refractivity contribution in [2.24, 2.45) is 0 Å². The molecule has 1 aromatic carbocycles. The van der Waals surface area contributed by atoms with E-state index in [0.717, 1.165) is 18.5 Å². The SMILES string of the molecule is CC(CC1CCCCN1)NCc1ccccc1OC(F)F. The molecule has 2 atom stereocenters. The molecule has 0 radical (unpaired) electrons. The monoisotopic (exact) mass is 298 g/mol. The summed E-state index contributed by atoms with van der Waals surface area (Å²) in [5, 5.41) is 6.92. The number of ether oxygens (including phenoxy) is 1. The Balaban J connectivity index is 1.81. The summed E-state index contributed by atoms with van der Waals surface area (Å²) in [5.41, 5.74) is 0.765. The highest BCUT2D eigenvalue weighted by molar-refractivity contribution is 5.33. The fourth-order valence-electron chi connectivity index (χ4n) is 2.78. The minimum absolute atomic E-state index is 0.253. The quantitative estimate of drug-likeness (QED) is 0.810. The molecular weight excluding hydrogens is 274 g/mol. The molecule has 0 amide bonds. The molecule has 1 saturated heterocycles. The first-order valence-electron chi connectivity index (χ1n) is 7.64. The summed E-state index contributed by atoms with van der Waals surface area (Å²) in [5.74, 6) is 0.253. The van der Waals surface area contributed by atoms with Gasteiger partial charge in [0.2, 0.25) is 0 Å². The van der Waals surface area contributed by atoms with Crippen molar-refractivity contribution in [1.29, 1.82) is 0 Å². The van der Waals surface area contributed by atoms with Gasteiger partial charge >= 0.3 is 6.61 Å². The molecule has 2 rings (SSSR count). The van der Waals surface area contributed by atoms with Crippen molar-refractivity contribution in [2.75, 3.05) is 6.54 Å². The highest BCUT2D eigenvalue weighted by Crippen LogP contribution is 2.20. The van der Waals surface area contributed by atoms with E-state index in [0.29, 0.717) is 18.6 Å². The Bertz CT molecular complexity index is 422. The summed E-state index contributed by atoms with van der Waals surface area (Å²) in [7, 11) is 0. The van der Waals surface area contributed by atoms with Gasteiger partial charge in [-0.3, -0.25) is 0 Å². The third kappa shape index (κ3) is 5.59. The Morgan fingerprint density at radius 3 is 2.86 bits per heavy atom. The van der Waals surface area contributed by atoms with Gasteiger partial charge in [-0.1, -0.05) is 24.6 Å². The fourth-order valence-corrected chi connectivity index (χ4v) is 2.78. The molecule has 2 N–H and O–H groups in total. The molecule has 1 aliphatic rings. The molecule has 0 bridgehead atoms. The van der Waals surface area contributed by atoms with Crippen LogP contribution in [-0.2, 0) is 6.54 Å². The molecule has 1 fully saturated rings. The largest absolute Gasteiger partial charge is 0.434 e. The van der Waals surface area contributed by atoms with Gasteiger partial charge in [-0.05, 0) is 38.8 Å². The van der Waals surface area contributed by atoms with Crippen molar-refractivity contribution in [3.05, 3.63) is 29.8 Å². The molecule has 1 aliphatic heterocycles. The highest BCUT2D eigenvalue weighted by Gasteiger charge is 2.16. The van der Waals surface area contributed by atoms with E-state index in [1.165, 1.54) is 19.3 Å². The van der Waals surface area contributed by atoms with Crippen LogP contribution in [0.25, 0.3) is 0 Å². The second-order valence-corrected chi connectivity index (χ2v) is 5.65. The van der Waals surface area contributed by atoms with Crippen molar-refractivity contribution in [2.45, 2.75) is 57.8 Å².